The van der Waals surface area contributed by atoms with Crippen LogP contribution in [0.2, 0.25) is 0 Å². The van der Waals surface area contributed by atoms with Crippen LogP contribution in [0.5, 0.6) is 17.2 Å². The molecular formula is C39H52ClNO22. The largest absolute Gasteiger partial charge is 0.507 e. The number of carbonyl (C=O) groups excluding carboxylic acids is 3. The highest BCUT2D eigenvalue weighted by Crippen LogP contribution is 2.52. The fourth-order valence-corrected chi connectivity index (χ4v) is 8.32. The highest BCUT2D eigenvalue weighted by molar-refractivity contribution is 6.31. The molecule has 0 spiro atoms. The van der Waals surface area contributed by atoms with E-state index in [0.717, 1.165) is 0 Å². The Kier molecular flexibility index (Phi) is 15.9. The number of halogens is 1. The Morgan fingerprint density at radius 3 is 2.06 bits per heavy atom. The quantitative estimate of drug-likeness (QED) is 0.0894. The van der Waals surface area contributed by atoms with Crippen molar-refractivity contribution in [2.75, 3.05) is 26.9 Å². The van der Waals surface area contributed by atoms with Gasteiger partial charge < -0.3 is 101 Å². The molecule has 2 aromatic rings. The zero-order valence-corrected chi connectivity index (χ0v) is 34.4. The average molecular weight is 922 g/mol. The number of hydrogen-bond acceptors (Lipinski definition) is 23. The Morgan fingerprint density at radius 2 is 1.46 bits per heavy atom. The fourth-order valence-electron chi connectivity index (χ4n) is 8.32. The molecule has 3 heterocycles. The van der Waals surface area contributed by atoms with Crippen molar-refractivity contribution in [1.82, 2.24) is 0 Å². The number of ether oxygens (including phenoxy) is 6. The van der Waals surface area contributed by atoms with Crippen molar-refractivity contribution < 1.29 is 109 Å². The molecule has 352 valence electrons. The number of methoxy groups -OCH3 is 1. The smallest absolute Gasteiger partial charge is 0.202 e. The van der Waals surface area contributed by atoms with Gasteiger partial charge in [0.15, 0.2) is 30.4 Å². The average Bonchev–Trinajstić information content (AvgIpc) is 3.25. The number of Topliss-reactive ketones (excluding diaryl/α,β-unsaturated/α-hetero) is 1. The van der Waals surface area contributed by atoms with E-state index in [-0.39, 0.29) is 46.8 Å². The summed E-state index contributed by atoms with van der Waals surface area (Å²) in [7, 11) is 1.32. The second-order valence-corrected chi connectivity index (χ2v) is 15.7. The van der Waals surface area contributed by atoms with Gasteiger partial charge in [0.05, 0.1) is 55.3 Å². The number of aliphatic hydroxyl groups excluding tert-OH is 10. The van der Waals surface area contributed by atoms with E-state index in [4.69, 9.17) is 39.3 Å². The summed E-state index contributed by atoms with van der Waals surface area (Å²) in [6, 6.07) is 3.64. The minimum Gasteiger partial charge on any atom is -0.507 e. The van der Waals surface area contributed by atoms with E-state index < -0.39 is 170 Å². The van der Waals surface area contributed by atoms with E-state index in [1.54, 1.807) is 6.92 Å². The number of rotatable bonds is 9. The van der Waals surface area contributed by atoms with Crippen LogP contribution in [0.15, 0.2) is 18.2 Å². The van der Waals surface area contributed by atoms with Crippen molar-refractivity contribution in [3.05, 3.63) is 51.6 Å². The lowest BCUT2D eigenvalue weighted by Gasteiger charge is -2.45. The second kappa shape index (κ2) is 19.9. The van der Waals surface area contributed by atoms with Crippen LogP contribution in [0.4, 0.5) is 0 Å². The molecule has 16 atom stereocenters. The lowest BCUT2D eigenvalue weighted by atomic mass is 9.72. The molecule has 23 nitrogen and oxygen atoms in total. The molecular weight excluding hydrogens is 870 g/mol. The van der Waals surface area contributed by atoms with Crippen LogP contribution in [0.1, 0.15) is 68.8 Å². The minimum absolute atomic E-state index is 0. The van der Waals surface area contributed by atoms with E-state index in [1.807, 2.05) is 0 Å². The predicted octanol–water partition coefficient (Wildman–Crippen LogP) is -4.97. The number of aromatic hydroxyl groups is 2. The Balaban J connectivity index is 0.000000267. The first-order chi connectivity index (χ1) is 29.2. The fraction of sp³-hybridized carbons (Fsp3) is 0.615. The molecule has 0 saturated carbocycles. The maximum Gasteiger partial charge on any atom is 0.202 e. The van der Waals surface area contributed by atoms with Crippen LogP contribution >= 0.6 is 12.4 Å². The first kappa shape index (κ1) is 50.5. The molecule has 0 aromatic heterocycles. The number of ketones is 3. The van der Waals surface area contributed by atoms with Gasteiger partial charge in [-0.05, 0) is 13.0 Å². The maximum atomic E-state index is 13.6. The van der Waals surface area contributed by atoms with E-state index in [2.05, 4.69) is 0 Å². The van der Waals surface area contributed by atoms with Gasteiger partial charge in [-0.15, -0.1) is 12.4 Å². The van der Waals surface area contributed by atoms with Crippen LogP contribution in [0, 0.1) is 0 Å². The summed E-state index contributed by atoms with van der Waals surface area (Å²) < 4.78 is 32.3. The van der Waals surface area contributed by atoms with Crippen molar-refractivity contribution in [2.24, 2.45) is 5.73 Å². The highest BCUT2D eigenvalue weighted by Gasteiger charge is 2.52. The SMILES string of the molecule is COc1cccc2c1C(=O)c1c(O)c3c(c(O)c1C2=O)C[C@@](O)(C(=O)CO)C[C@@H]3O[C@H]1C[C@H](N)[C@H](O)[C@H](C)O1.Cl.OC[C@H]1O[C@@H](O[C@H]2[C@H](O)[C@@H](O)[C@H](O)O[C@@H]2CO)[C@H](O)[C@@H](O)[C@H]1O. The molecule has 2 aromatic carbocycles. The molecule has 3 fully saturated rings. The molecule has 2 aliphatic carbocycles. The number of phenols is 2. The number of nitrogens with two attached hydrogens (primary N) is 1. The van der Waals surface area contributed by atoms with Crippen molar-refractivity contribution in [1.29, 1.82) is 0 Å². The monoisotopic (exact) mass is 921 g/mol. The standard InChI is InChI=1S/C27H29NO11.C12H22O11.ClH/c1-10-22(31)13(28)6-17(38-10)39-15-8-27(36,16(30)9-29)7-12-19(15)26(35)21-20(24(12)33)23(32)11-4-3-5-14(37-2)18(11)25(21)34;13-1-3-5(15)6(16)9(19)12(22-3)23-10-4(2-14)21-11(20)8(18)7(10)17;/h3-5,10,13,15,17,22,29,31,33,35-36H,6-9,28H2,1-2H3;3-20H,1-2H2;1H/t10-,13-,15-,17-,22+,27-;3-,4-,5+,6+,7-,8-,9-,10-,11-,12+;/m01./s1. The van der Waals surface area contributed by atoms with Gasteiger partial charge >= 0.3 is 0 Å². The number of hydrogen-bond donors (Lipinski definition) is 14. The summed E-state index contributed by atoms with van der Waals surface area (Å²) in [6.07, 6.45) is -20.7. The Bertz CT molecular complexity index is 1990. The number of benzene rings is 2. The molecule has 0 bridgehead atoms. The summed E-state index contributed by atoms with van der Waals surface area (Å²) in [5.74, 6) is -3.77. The third-order valence-corrected chi connectivity index (χ3v) is 11.8. The Labute approximate surface area is 363 Å². The summed E-state index contributed by atoms with van der Waals surface area (Å²) in [5.41, 5.74) is 2.37. The number of phenolic OH excluding ortho intramolecular Hbond substituents is 2. The second-order valence-electron chi connectivity index (χ2n) is 15.7. The van der Waals surface area contributed by atoms with Crippen LogP contribution in [0.3, 0.4) is 0 Å². The normalized spacial score (nSPS) is 37.3. The predicted molar refractivity (Wildman–Crippen MR) is 208 cm³/mol. The molecule has 24 heteroatoms. The van der Waals surface area contributed by atoms with Crippen LogP contribution < -0.4 is 10.5 Å². The van der Waals surface area contributed by atoms with Gasteiger partial charge in [0.25, 0.3) is 0 Å². The van der Waals surface area contributed by atoms with Crippen molar-refractivity contribution >= 4 is 29.8 Å². The van der Waals surface area contributed by atoms with Gasteiger partial charge in [-0.2, -0.15) is 0 Å². The van der Waals surface area contributed by atoms with Gasteiger partial charge in [-0.1, -0.05) is 12.1 Å². The zero-order valence-electron chi connectivity index (χ0n) is 33.6. The van der Waals surface area contributed by atoms with Gasteiger partial charge in [0, 0.05) is 42.0 Å². The Hall–Kier alpha value is -3.54. The van der Waals surface area contributed by atoms with Crippen molar-refractivity contribution in [3.8, 4) is 17.2 Å². The summed E-state index contributed by atoms with van der Waals surface area (Å²) in [6.45, 7) is -0.785. The van der Waals surface area contributed by atoms with E-state index in [9.17, 15) is 75.7 Å². The summed E-state index contributed by atoms with van der Waals surface area (Å²) >= 11 is 0. The first-order valence-corrected chi connectivity index (χ1v) is 19.5. The van der Waals surface area contributed by atoms with Crippen molar-refractivity contribution in [3.63, 3.8) is 0 Å². The number of fused-ring (bicyclic) bond motifs is 3. The topological polar surface area (TPSA) is 396 Å². The van der Waals surface area contributed by atoms with E-state index in [1.165, 1.54) is 25.3 Å². The molecule has 0 radical (unpaired) electrons. The van der Waals surface area contributed by atoms with Gasteiger partial charge in [-0.3, -0.25) is 14.4 Å². The third-order valence-electron chi connectivity index (χ3n) is 11.8. The first-order valence-electron chi connectivity index (χ1n) is 19.5. The number of carbonyl (C=O) groups is 3. The number of aliphatic hydroxyl groups is 11. The van der Waals surface area contributed by atoms with Gasteiger partial charge in [-0.25, -0.2) is 0 Å². The minimum atomic E-state index is -2.24. The lowest BCUT2D eigenvalue weighted by Crippen LogP contribution is -2.64. The Morgan fingerprint density at radius 1 is 0.810 bits per heavy atom. The lowest BCUT2D eigenvalue weighted by molar-refractivity contribution is -0.355. The molecule has 63 heavy (non-hydrogen) atoms. The summed E-state index contributed by atoms with van der Waals surface area (Å²) in [5, 5.41) is 130. The molecule has 3 saturated heterocycles. The van der Waals surface area contributed by atoms with Crippen molar-refractivity contribution in [2.45, 2.75) is 124 Å². The molecule has 3 aliphatic heterocycles. The third kappa shape index (κ3) is 9.18. The van der Waals surface area contributed by atoms with E-state index >= 15 is 0 Å². The molecule has 0 amide bonds. The molecule has 15 N–H and O–H groups in total. The summed E-state index contributed by atoms with van der Waals surface area (Å²) in [4.78, 5) is 39.7. The van der Waals surface area contributed by atoms with Crippen LogP contribution in [-0.4, -0.2) is 202 Å². The van der Waals surface area contributed by atoms with Crippen LogP contribution in [0.25, 0.3) is 0 Å². The highest BCUT2D eigenvalue weighted by atomic mass is 35.5. The zero-order chi connectivity index (χ0) is 45.7. The van der Waals surface area contributed by atoms with Gasteiger partial charge in [0.2, 0.25) is 5.78 Å². The van der Waals surface area contributed by atoms with Crippen LogP contribution in [-0.2, 0) is 34.9 Å². The molecule has 7 rings (SSSR count). The molecule has 5 aliphatic rings. The maximum absolute atomic E-state index is 13.6. The van der Waals surface area contributed by atoms with Gasteiger partial charge in [0.1, 0.15) is 78.3 Å². The van der Waals surface area contributed by atoms with E-state index in [0.29, 0.717) is 0 Å². The molecule has 0 unspecified atom stereocenters.